The van der Waals surface area contributed by atoms with Crippen molar-refractivity contribution in [2.24, 2.45) is 0 Å². The number of amides is 1. The Balaban J connectivity index is 1.35. The van der Waals surface area contributed by atoms with Gasteiger partial charge in [-0.2, -0.15) is 5.10 Å². The molecule has 32 heavy (non-hydrogen) atoms. The van der Waals surface area contributed by atoms with Crippen LogP contribution in [0.5, 0.6) is 5.75 Å². The van der Waals surface area contributed by atoms with Crippen molar-refractivity contribution in [3.05, 3.63) is 90.5 Å². The van der Waals surface area contributed by atoms with Crippen LogP contribution in [0.4, 0.5) is 10.2 Å². The smallest absolute Gasteiger partial charge is 0.256 e. The molecule has 0 unspecified atom stereocenters. The number of nitrogens with zero attached hydrogens (tertiary/aromatic N) is 3. The Kier molecular flexibility index (Phi) is 4.87. The van der Waals surface area contributed by atoms with Crippen LogP contribution in [-0.2, 0) is 0 Å². The average molecular weight is 427 g/mol. The Morgan fingerprint density at radius 3 is 2.69 bits per heavy atom. The molecule has 0 bridgehead atoms. The third kappa shape index (κ3) is 3.69. The Labute approximate surface area is 182 Å². The van der Waals surface area contributed by atoms with Gasteiger partial charge in [-0.3, -0.25) is 14.5 Å². The minimum atomic E-state index is -0.325. The summed E-state index contributed by atoms with van der Waals surface area (Å²) in [5.41, 5.74) is 4.11. The number of aromatic amines is 1. The summed E-state index contributed by atoms with van der Waals surface area (Å²) in [6.45, 7) is 0. The van der Waals surface area contributed by atoms with Gasteiger partial charge in [-0.25, -0.2) is 9.37 Å². The van der Waals surface area contributed by atoms with E-state index in [1.165, 1.54) is 12.1 Å². The summed E-state index contributed by atoms with van der Waals surface area (Å²) in [6.07, 6.45) is 1.61. The normalized spacial score (nSPS) is 10.9. The Bertz CT molecular complexity index is 1420. The number of aromatic nitrogens is 4. The number of H-pyrrole nitrogens is 1. The molecule has 0 aliphatic rings. The molecule has 0 saturated carbocycles. The van der Waals surface area contributed by atoms with Crippen LogP contribution in [0.25, 0.3) is 28.0 Å². The zero-order valence-electron chi connectivity index (χ0n) is 17.0. The summed E-state index contributed by atoms with van der Waals surface area (Å²) in [5, 5.41) is 9.90. The van der Waals surface area contributed by atoms with E-state index in [0.717, 1.165) is 16.8 Å². The molecule has 0 aliphatic carbocycles. The second-order valence-electron chi connectivity index (χ2n) is 7.15. The molecule has 2 heterocycles. The highest BCUT2D eigenvalue weighted by molar-refractivity contribution is 6.05. The Morgan fingerprint density at radius 1 is 1.06 bits per heavy atom. The largest absolute Gasteiger partial charge is 0.497 e. The monoisotopic (exact) mass is 427 g/mol. The van der Waals surface area contributed by atoms with Crippen molar-refractivity contribution in [1.29, 1.82) is 0 Å². The quantitative estimate of drug-likeness (QED) is 0.421. The van der Waals surface area contributed by atoms with Crippen LogP contribution in [0, 0.1) is 5.82 Å². The molecule has 0 aliphatic heterocycles. The fourth-order valence-electron chi connectivity index (χ4n) is 3.48. The topological polar surface area (TPSA) is 84.8 Å². The van der Waals surface area contributed by atoms with Gasteiger partial charge in [0.05, 0.1) is 29.5 Å². The van der Waals surface area contributed by atoms with Crippen molar-refractivity contribution in [1.82, 2.24) is 19.7 Å². The van der Waals surface area contributed by atoms with Crippen molar-refractivity contribution in [3.8, 4) is 22.7 Å². The summed E-state index contributed by atoms with van der Waals surface area (Å²) in [7, 11) is 1.61. The molecule has 5 rings (SSSR count). The van der Waals surface area contributed by atoms with E-state index in [-0.39, 0.29) is 11.7 Å². The van der Waals surface area contributed by atoms with Crippen molar-refractivity contribution in [2.75, 3.05) is 12.4 Å². The van der Waals surface area contributed by atoms with Gasteiger partial charge in [-0.1, -0.05) is 6.07 Å². The molecule has 0 radical (unpaired) electrons. The van der Waals surface area contributed by atoms with Crippen LogP contribution in [0.2, 0.25) is 0 Å². The third-order valence-electron chi connectivity index (χ3n) is 5.11. The zero-order valence-corrected chi connectivity index (χ0v) is 17.0. The molecule has 3 aromatic carbocycles. The second kappa shape index (κ2) is 7.99. The maximum absolute atomic E-state index is 13.6. The first kappa shape index (κ1) is 19.5. The van der Waals surface area contributed by atoms with Crippen LogP contribution >= 0.6 is 0 Å². The van der Waals surface area contributed by atoms with E-state index < -0.39 is 0 Å². The fourth-order valence-corrected chi connectivity index (χ4v) is 3.48. The van der Waals surface area contributed by atoms with Gasteiger partial charge in [0.2, 0.25) is 0 Å². The maximum Gasteiger partial charge on any atom is 0.256 e. The first-order chi connectivity index (χ1) is 15.6. The first-order valence-electron chi connectivity index (χ1n) is 9.85. The number of rotatable bonds is 5. The number of benzene rings is 3. The molecule has 0 spiro atoms. The van der Waals surface area contributed by atoms with Gasteiger partial charge in [-0.15, -0.1) is 0 Å². The van der Waals surface area contributed by atoms with Gasteiger partial charge in [-0.05, 0) is 60.7 Å². The molecule has 8 heteroatoms. The number of imidazole rings is 1. The number of carbonyl (C=O) groups is 1. The van der Waals surface area contributed by atoms with Gasteiger partial charge in [0.1, 0.15) is 23.7 Å². The van der Waals surface area contributed by atoms with Gasteiger partial charge in [0.15, 0.2) is 0 Å². The van der Waals surface area contributed by atoms with Crippen LogP contribution < -0.4 is 10.1 Å². The van der Waals surface area contributed by atoms with E-state index in [1.807, 2.05) is 24.3 Å². The predicted molar refractivity (Wildman–Crippen MR) is 120 cm³/mol. The van der Waals surface area contributed by atoms with E-state index >= 15 is 0 Å². The second-order valence-corrected chi connectivity index (χ2v) is 7.15. The number of hydrogen-bond donors (Lipinski definition) is 2. The number of carbonyl (C=O) groups excluding carboxylic acids is 1. The molecule has 1 amide bonds. The van der Waals surface area contributed by atoms with Crippen LogP contribution in [0.15, 0.2) is 79.1 Å². The number of nitrogens with one attached hydrogen (secondary N) is 2. The lowest BCUT2D eigenvalue weighted by molar-refractivity contribution is 0.102. The number of hydrogen-bond acceptors (Lipinski definition) is 4. The van der Waals surface area contributed by atoms with Gasteiger partial charge >= 0.3 is 0 Å². The van der Waals surface area contributed by atoms with Crippen LogP contribution in [-0.4, -0.2) is 32.8 Å². The Hall–Kier alpha value is -4.46. The highest BCUT2D eigenvalue weighted by atomic mass is 19.1. The van der Waals surface area contributed by atoms with Crippen molar-refractivity contribution in [2.45, 2.75) is 0 Å². The summed E-state index contributed by atoms with van der Waals surface area (Å²) >= 11 is 0. The molecular weight excluding hydrogens is 409 g/mol. The van der Waals surface area contributed by atoms with Crippen molar-refractivity contribution in [3.63, 3.8) is 0 Å². The number of anilines is 1. The fraction of sp³-hybridized carbons (Fsp3) is 0.0417. The molecule has 0 saturated heterocycles. The Morgan fingerprint density at radius 2 is 1.91 bits per heavy atom. The van der Waals surface area contributed by atoms with E-state index in [2.05, 4.69) is 20.5 Å². The minimum absolute atomic E-state index is 0.294. The van der Waals surface area contributed by atoms with E-state index in [4.69, 9.17) is 4.74 Å². The summed E-state index contributed by atoms with van der Waals surface area (Å²) in [6, 6.07) is 20.7. The van der Waals surface area contributed by atoms with E-state index in [9.17, 15) is 9.18 Å². The highest BCUT2D eigenvalue weighted by Gasteiger charge is 2.13. The summed E-state index contributed by atoms with van der Waals surface area (Å²) in [5.74, 6) is 0.616. The SMILES string of the molecule is COc1ccc(-c2cc(NC(=O)c3ccc4c(c3)ncn4-c3cccc(F)c3)[nH]n2)cc1. The van der Waals surface area contributed by atoms with Gasteiger partial charge < -0.3 is 10.1 Å². The molecule has 7 nitrogen and oxygen atoms in total. The highest BCUT2D eigenvalue weighted by Crippen LogP contribution is 2.24. The minimum Gasteiger partial charge on any atom is -0.497 e. The number of halogens is 1. The number of methoxy groups -OCH3 is 1. The average Bonchev–Trinajstić information content (AvgIpc) is 3.46. The molecule has 0 fully saturated rings. The lowest BCUT2D eigenvalue weighted by Crippen LogP contribution is -2.12. The maximum atomic E-state index is 13.6. The molecule has 2 aromatic heterocycles. The summed E-state index contributed by atoms with van der Waals surface area (Å²) < 4.78 is 20.5. The molecule has 0 atom stereocenters. The summed E-state index contributed by atoms with van der Waals surface area (Å²) in [4.78, 5) is 17.1. The molecule has 5 aromatic rings. The standard InChI is InChI=1S/C24H18FN5O2/c1-32-19-8-5-15(6-9-19)20-13-23(29-28-20)27-24(31)16-7-10-22-21(11-16)26-14-30(22)18-4-2-3-17(25)12-18/h2-14H,1H3,(H2,27,28,29,31). The van der Waals surface area contributed by atoms with E-state index in [0.29, 0.717) is 28.3 Å². The molecular formula is C24H18FN5O2. The lowest BCUT2D eigenvalue weighted by Gasteiger charge is -2.05. The number of fused-ring (bicyclic) bond motifs is 1. The zero-order chi connectivity index (χ0) is 22.1. The van der Waals surface area contributed by atoms with Crippen molar-refractivity contribution < 1.29 is 13.9 Å². The third-order valence-corrected chi connectivity index (χ3v) is 5.11. The number of ether oxygens (including phenoxy) is 1. The lowest BCUT2D eigenvalue weighted by atomic mass is 10.1. The molecule has 2 N–H and O–H groups in total. The van der Waals surface area contributed by atoms with Crippen LogP contribution in [0.1, 0.15) is 10.4 Å². The van der Waals surface area contributed by atoms with E-state index in [1.54, 1.807) is 54.4 Å². The van der Waals surface area contributed by atoms with Crippen LogP contribution in [0.3, 0.4) is 0 Å². The van der Waals surface area contributed by atoms with Gasteiger partial charge in [0, 0.05) is 17.2 Å². The molecule has 158 valence electrons. The van der Waals surface area contributed by atoms with Crippen molar-refractivity contribution >= 4 is 22.8 Å². The first-order valence-corrected chi connectivity index (χ1v) is 9.85. The van der Waals surface area contributed by atoms with Gasteiger partial charge in [0.25, 0.3) is 5.91 Å². The predicted octanol–water partition coefficient (Wildman–Crippen LogP) is 4.82.